The molecule has 0 amide bonds. The predicted octanol–water partition coefficient (Wildman–Crippen LogP) is -1.48. The molecule has 14 heavy (non-hydrogen) atoms. The van der Waals surface area contributed by atoms with Gasteiger partial charge in [-0.2, -0.15) is 0 Å². The molecule has 0 bridgehead atoms. The van der Waals surface area contributed by atoms with Crippen LogP contribution in [0.3, 0.4) is 0 Å². The molecular weight excluding hydrogens is 206 g/mol. The minimum atomic E-state index is -2.84. The highest BCUT2D eigenvalue weighted by Crippen LogP contribution is 2.14. The summed E-state index contributed by atoms with van der Waals surface area (Å²) < 4.78 is 27.4. The van der Waals surface area contributed by atoms with Gasteiger partial charge in [0, 0.05) is 6.04 Å². The zero-order chi connectivity index (χ0) is 10.2. The standard InChI is InChI=1S/C8H15NO4S/c10-8-4-13-3-7(8)9-6-1-2-14(11,12)5-6/h6-10H,1-5H2. The van der Waals surface area contributed by atoms with Crippen molar-refractivity contribution in [1.82, 2.24) is 5.32 Å². The van der Waals surface area contributed by atoms with Crippen LogP contribution in [0, 0.1) is 0 Å². The van der Waals surface area contributed by atoms with Crippen LogP contribution >= 0.6 is 0 Å². The van der Waals surface area contributed by atoms with Crippen molar-refractivity contribution in [2.45, 2.75) is 24.6 Å². The third kappa shape index (κ3) is 2.25. The summed E-state index contributed by atoms with van der Waals surface area (Å²) in [5, 5.41) is 12.6. The number of aliphatic hydroxyl groups is 1. The van der Waals surface area contributed by atoms with Crippen molar-refractivity contribution in [3.8, 4) is 0 Å². The predicted molar refractivity (Wildman–Crippen MR) is 50.8 cm³/mol. The van der Waals surface area contributed by atoms with Gasteiger partial charge < -0.3 is 15.2 Å². The lowest BCUT2D eigenvalue weighted by Crippen LogP contribution is -2.45. The Morgan fingerprint density at radius 3 is 2.64 bits per heavy atom. The van der Waals surface area contributed by atoms with E-state index in [2.05, 4.69) is 5.32 Å². The molecule has 6 heteroatoms. The van der Waals surface area contributed by atoms with E-state index in [9.17, 15) is 13.5 Å². The fourth-order valence-electron chi connectivity index (χ4n) is 1.93. The smallest absolute Gasteiger partial charge is 0.151 e. The molecule has 82 valence electrons. The van der Waals surface area contributed by atoms with E-state index >= 15 is 0 Å². The summed E-state index contributed by atoms with van der Waals surface area (Å²) in [7, 11) is -2.84. The molecule has 2 fully saturated rings. The molecule has 3 atom stereocenters. The Bertz CT molecular complexity index is 302. The molecule has 2 heterocycles. The highest BCUT2D eigenvalue weighted by atomic mass is 32.2. The minimum absolute atomic E-state index is 0.0126. The number of ether oxygens (including phenoxy) is 1. The number of sulfone groups is 1. The first kappa shape index (κ1) is 10.4. The molecule has 2 aliphatic heterocycles. The van der Waals surface area contributed by atoms with Gasteiger partial charge in [-0.3, -0.25) is 0 Å². The molecule has 2 saturated heterocycles. The number of rotatable bonds is 2. The van der Waals surface area contributed by atoms with Gasteiger partial charge in [0.1, 0.15) is 0 Å². The molecular formula is C8H15NO4S. The molecule has 2 aliphatic rings. The summed E-state index contributed by atoms with van der Waals surface area (Å²) in [5.41, 5.74) is 0. The third-order valence-corrected chi connectivity index (χ3v) is 4.50. The van der Waals surface area contributed by atoms with E-state index in [1.807, 2.05) is 0 Å². The Morgan fingerprint density at radius 2 is 2.14 bits per heavy atom. The van der Waals surface area contributed by atoms with Crippen LogP contribution in [0.1, 0.15) is 6.42 Å². The number of nitrogens with one attached hydrogen (secondary N) is 1. The summed E-state index contributed by atoms with van der Waals surface area (Å²) in [6.45, 7) is 0.814. The average molecular weight is 221 g/mol. The van der Waals surface area contributed by atoms with Crippen LogP contribution in [-0.4, -0.2) is 56.4 Å². The fraction of sp³-hybridized carbons (Fsp3) is 1.00. The van der Waals surface area contributed by atoms with Crippen molar-refractivity contribution in [2.75, 3.05) is 24.7 Å². The van der Waals surface area contributed by atoms with Crippen molar-refractivity contribution < 1.29 is 18.3 Å². The third-order valence-electron chi connectivity index (χ3n) is 2.73. The Balaban J connectivity index is 1.87. The highest BCUT2D eigenvalue weighted by Gasteiger charge is 2.33. The van der Waals surface area contributed by atoms with Crippen LogP contribution < -0.4 is 5.32 Å². The van der Waals surface area contributed by atoms with Gasteiger partial charge in [0.05, 0.1) is 36.9 Å². The molecule has 0 saturated carbocycles. The molecule has 0 spiro atoms. The van der Waals surface area contributed by atoms with Crippen LogP contribution in [0.4, 0.5) is 0 Å². The second kappa shape index (κ2) is 3.77. The van der Waals surface area contributed by atoms with Crippen molar-refractivity contribution in [2.24, 2.45) is 0 Å². The van der Waals surface area contributed by atoms with Gasteiger partial charge in [-0.1, -0.05) is 0 Å². The van der Waals surface area contributed by atoms with Gasteiger partial charge in [-0.25, -0.2) is 8.42 Å². The largest absolute Gasteiger partial charge is 0.389 e. The highest BCUT2D eigenvalue weighted by molar-refractivity contribution is 7.91. The summed E-state index contributed by atoms with van der Waals surface area (Å²) in [6.07, 6.45) is 0.143. The topological polar surface area (TPSA) is 75.6 Å². The maximum absolute atomic E-state index is 11.2. The zero-order valence-corrected chi connectivity index (χ0v) is 8.66. The maximum atomic E-state index is 11.2. The molecule has 5 nitrogen and oxygen atoms in total. The van der Waals surface area contributed by atoms with Crippen molar-refractivity contribution in [3.63, 3.8) is 0 Å². The van der Waals surface area contributed by atoms with E-state index in [4.69, 9.17) is 4.74 Å². The lowest BCUT2D eigenvalue weighted by molar-refractivity contribution is 0.121. The van der Waals surface area contributed by atoms with Gasteiger partial charge >= 0.3 is 0 Å². The lowest BCUT2D eigenvalue weighted by atomic mass is 10.1. The number of aliphatic hydroxyl groups excluding tert-OH is 1. The average Bonchev–Trinajstić information content (AvgIpc) is 2.61. The quantitative estimate of drug-likeness (QED) is 0.595. The molecule has 0 aromatic carbocycles. The van der Waals surface area contributed by atoms with Crippen molar-refractivity contribution in [3.05, 3.63) is 0 Å². The van der Waals surface area contributed by atoms with E-state index < -0.39 is 15.9 Å². The van der Waals surface area contributed by atoms with Crippen LogP contribution in [0.2, 0.25) is 0 Å². The first-order valence-electron chi connectivity index (χ1n) is 4.79. The monoisotopic (exact) mass is 221 g/mol. The Labute approximate surface area is 83.4 Å². The van der Waals surface area contributed by atoms with E-state index in [1.54, 1.807) is 0 Å². The normalized spacial score (nSPS) is 41.6. The van der Waals surface area contributed by atoms with Crippen molar-refractivity contribution in [1.29, 1.82) is 0 Å². The van der Waals surface area contributed by atoms with Crippen LogP contribution in [-0.2, 0) is 14.6 Å². The molecule has 0 aromatic heterocycles. The Hall–Kier alpha value is -0.170. The molecule has 0 aromatic rings. The maximum Gasteiger partial charge on any atom is 0.151 e. The van der Waals surface area contributed by atoms with E-state index in [0.717, 1.165) is 0 Å². The number of hydrogen-bond acceptors (Lipinski definition) is 5. The van der Waals surface area contributed by atoms with Gasteiger partial charge in [-0.15, -0.1) is 0 Å². The SMILES string of the molecule is O=S1(=O)CCC(NC2COCC2O)C1. The van der Waals surface area contributed by atoms with Gasteiger partial charge in [-0.05, 0) is 6.42 Å². The number of hydrogen-bond donors (Lipinski definition) is 2. The molecule has 0 aliphatic carbocycles. The van der Waals surface area contributed by atoms with Crippen LogP contribution in [0.25, 0.3) is 0 Å². The van der Waals surface area contributed by atoms with Gasteiger partial charge in [0.15, 0.2) is 9.84 Å². The molecule has 2 rings (SSSR count). The second-order valence-corrected chi connectivity index (χ2v) is 6.21. The molecule has 0 radical (unpaired) electrons. The Kier molecular flexibility index (Phi) is 2.79. The zero-order valence-electron chi connectivity index (χ0n) is 7.85. The van der Waals surface area contributed by atoms with Crippen LogP contribution in [0.15, 0.2) is 0 Å². The van der Waals surface area contributed by atoms with E-state index in [-0.39, 0.29) is 23.6 Å². The fourth-order valence-corrected chi connectivity index (χ4v) is 3.62. The van der Waals surface area contributed by atoms with Crippen LogP contribution in [0.5, 0.6) is 0 Å². The second-order valence-electron chi connectivity index (χ2n) is 3.98. The first-order valence-corrected chi connectivity index (χ1v) is 6.61. The van der Waals surface area contributed by atoms with Gasteiger partial charge in [0.25, 0.3) is 0 Å². The molecule has 3 unspecified atom stereocenters. The van der Waals surface area contributed by atoms with E-state index in [0.29, 0.717) is 19.6 Å². The molecule has 2 N–H and O–H groups in total. The summed E-state index contributed by atoms with van der Waals surface area (Å²) >= 11 is 0. The lowest BCUT2D eigenvalue weighted by Gasteiger charge is -2.18. The van der Waals surface area contributed by atoms with E-state index in [1.165, 1.54) is 0 Å². The van der Waals surface area contributed by atoms with Crippen molar-refractivity contribution >= 4 is 9.84 Å². The minimum Gasteiger partial charge on any atom is -0.389 e. The summed E-state index contributed by atoms with van der Waals surface area (Å²) in [6, 6.07) is -0.116. The first-order chi connectivity index (χ1) is 6.57. The summed E-state index contributed by atoms with van der Waals surface area (Å²) in [4.78, 5) is 0. The Morgan fingerprint density at radius 1 is 1.36 bits per heavy atom. The van der Waals surface area contributed by atoms with Gasteiger partial charge in [0.2, 0.25) is 0 Å². The summed E-state index contributed by atoms with van der Waals surface area (Å²) in [5.74, 6) is 0.449.